The summed E-state index contributed by atoms with van der Waals surface area (Å²) in [5, 5.41) is 3.16. The highest BCUT2D eigenvalue weighted by molar-refractivity contribution is 5.46. The van der Waals surface area contributed by atoms with Gasteiger partial charge in [-0.15, -0.1) is 0 Å². The van der Waals surface area contributed by atoms with Gasteiger partial charge >= 0.3 is 0 Å². The molecule has 0 amide bonds. The van der Waals surface area contributed by atoms with E-state index >= 15 is 0 Å². The van der Waals surface area contributed by atoms with Crippen LogP contribution in [0.2, 0.25) is 0 Å². The molecule has 0 saturated carbocycles. The topological polar surface area (TPSA) is 39.7 Å². The molecule has 1 aliphatic rings. The molecule has 1 N–H and O–H groups in total. The van der Waals surface area contributed by atoms with Crippen LogP contribution in [0.25, 0.3) is 0 Å². The lowest BCUT2D eigenvalue weighted by molar-refractivity contribution is 0.164. The third-order valence-corrected chi connectivity index (χ3v) is 3.21. The molecular formula is C15H23NO3. The van der Waals surface area contributed by atoms with Crippen molar-refractivity contribution in [2.24, 2.45) is 5.92 Å². The van der Waals surface area contributed by atoms with Crippen molar-refractivity contribution in [3.63, 3.8) is 0 Å². The molecule has 1 heterocycles. The van der Waals surface area contributed by atoms with Gasteiger partial charge in [-0.1, -0.05) is 12.1 Å². The molecular weight excluding hydrogens is 242 g/mol. The van der Waals surface area contributed by atoms with Crippen LogP contribution in [0.4, 0.5) is 0 Å². The lowest BCUT2D eigenvalue weighted by atomic mass is 10.1. The average Bonchev–Trinajstić information content (AvgIpc) is 2.92. The zero-order valence-electron chi connectivity index (χ0n) is 11.8. The summed E-state index contributed by atoms with van der Waals surface area (Å²) in [7, 11) is 1.93. The van der Waals surface area contributed by atoms with Crippen molar-refractivity contribution in [2.45, 2.75) is 19.9 Å². The molecule has 19 heavy (non-hydrogen) atoms. The SMILES string of the molecule is CCOc1cccc(CNC)c1OCC1CCOC1. The number of benzene rings is 1. The van der Waals surface area contributed by atoms with Crippen LogP contribution in [0.5, 0.6) is 11.5 Å². The first kappa shape index (κ1) is 14.2. The van der Waals surface area contributed by atoms with Gasteiger partial charge in [0.2, 0.25) is 0 Å². The van der Waals surface area contributed by atoms with Gasteiger partial charge in [0.15, 0.2) is 11.5 Å². The van der Waals surface area contributed by atoms with Gasteiger partial charge in [-0.25, -0.2) is 0 Å². The number of ether oxygens (including phenoxy) is 3. The Morgan fingerprint density at radius 1 is 1.37 bits per heavy atom. The van der Waals surface area contributed by atoms with Crippen molar-refractivity contribution in [3.8, 4) is 11.5 Å². The fourth-order valence-corrected chi connectivity index (χ4v) is 2.24. The highest BCUT2D eigenvalue weighted by Gasteiger charge is 2.18. The van der Waals surface area contributed by atoms with E-state index in [1.165, 1.54) is 0 Å². The molecule has 0 spiro atoms. The molecule has 4 nitrogen and oxygen atoms in total. The summed E-state index contributed by atoms with van der Waals surface area (Å²) in [5.74, 6) is 2.19. The Morgan fingerprint density at radius 3 is 2.95 bits per heavy atom. The van der Waals surface area contributed by atoms with Crippen LogP contribution < -0.4 is 14.8 Å². The Morgan fingerprint density at radius 2 is 2.26 bits per heavy atom. The van der Waals surface area contributed by atoms with Crippen molar-refractivity contribution in [1.82, 2.24) is 5.32 Å². The van der Waals surface area contributed by atoms with Crippen LogP contribution in [-0.2, 0) is 11.3 Å². The van der Waals surface area contributed by atoms with Crippen LogP contribution >= 0.6 is 0 Å². The zero-order chi connectivity index (χ0) is 13.5. The number of para-hydroxylation sites is 1. The van der Waals surface area contributed by atoms with Crippen molar-refractivity contribution < 1.29 is 14.2 Å². The van der Waals surface area contributed by atoms with E-state index in [4.69, 9.17) is 14.2 Å². The van der Waals surface area contributed by atoms with E-state index in [0.717, 1.165) is 43.2 Å². The summed E-state index contributed by atoms with van der Waals surface area (Å²) in [6, 6.07) is 6.03. The summed E-state index contributed by atoms with van der Waals surface area (Å²) < 4.78 is 17.0. The van der Waals surface area contributed by atoms with Gasteiger partial charge in [0.05, 0.1) is 19.8 Å². The number of rotatable bonds is 7. The van der Waals surface area contributed by atoms with Gasteiger partial charge in [0.25, 0.3) is 0 Å². The standard InChI is InChI=1S/C15H23NO3/c1-3-18-14-6-4-5-13(9-16-2)15(14)19-11-12-7-8-17-10-12/h4-6,12,16H,3,7-11H2,1-2H3. The monoisotopic (exact) mass is 265 g/mol. The van der Waals surface area contributed by atoms with Crippen molar-refractivity contribution in [3.05, 3.63) is 23.8 Å². The second-order valence-corrected chi connectivity index (χ2v) is 4.75. The first-order valence-corrected chi connectivity index (χ1v) is 6.95. The lowest BCUT2D eigenvalue weighted by Crippen LogP contribution is -2.15. The van der Waals surface area contributed by atoms with E-state index in [0.29, 0.717) is 19.1 Å². The molecule has 4 heteroatoms. The molecule has 1 aromatic rings. The summed E-state index contributed by atoms with van der Waals surface area (Å²) in [6.07, 6.45) is 1.08. The fourth-order valence-electron chi connectivity index (χ4n) is 2.24. The molecule has 0 aliphatic carbocycles. The van der Waals surface area contributed by atoms with Crippen LogP contribution in [0, 0.1) is 5.92 Å². The largest absolute Gasteiger partial charge is 0.490 e. The molecule has 1 aliphatic heterocycles. The molecule has 1 unspecified atom stereocenters. The predicted octanol–water partition coefficient (Wildman–Crippen LogP) is 2.22. The molecule has 1 aromatic carbocycles. The summed E-state index contributed by atoms with van der Waals surface area (Å²) in [6.45, 7) is 5.76. The van der Waals surface area contributed by atoms with Gasteiger partial charge in [0.1, 0.15) is 0 Å². The molecule has 106 valence electrons. The maximum Gasteiger partial charge on any atom is 0.165 e. The van der Waals surface area contributed by atoms with Crippen LogP contribution in [0.15, 0.2) is 18.2 Å². The Kier molecular flexibility index (Phi) is 5.48. The highest BCUT2D eigenvalue weighted by Crippen LogP contribution is 2.32. The smallest absolute Gasteiger partial charge is 0.165 e. The summed E-state index contributed by atoms with van der Waals surface area (Å²) in [4.78, 5) is 0. The van der Waals surface area contributed by atoms with Gasteiger partial charge in [-0.05, 0) is 26.5 Å². The summed E-state index contributed by atoms with van der Waals surface area (Å²) >= 11 is 0. The van der Waals surface area contributed by atoms with Crippen LogP contribution in [0.3, 0.4) is 0 Å². The molecule has 2 rings (SSSR count). The van der Waals surface area contributed by atoms with Crippen molar-refractivity contribution in [1.29, 1.82) is 0 Å². The van der Waals surface area contributed by atoms with Crippen LogP contribution in [-0.4, -0.2) is 33.5 Å². The van der Waals surface area contributed by atoms with Crippen molar-refractivity contribution >= 4 is 0 Å². The minimum atomic E-state index is 0.497. The van der Waals surface area contributed by atoms with E-state index < -0.39 is 0 Å². The number of nitrogens with one attached hydrogen (secondary N) is 1. The zero-order valence-corrected chi connectivity index (χ0v) is 11.8. The van der Waals surface area contributed by atoms with Gasteiger partial charge in [-0.2, -0.15) is 0 Å². The highest BCUT2D eigenvalue weighted by atomic mass is 16.5. The predicted molar refractivity (Wildman–Crippen MR) is 74.8 cm³/mol. The minimum absolute atomic E-state index is 0.497. The molecule has 1 saturated heterocycles. The number of hydrogen-bond acceptors (Lipinski definition) is 4. The average molecular weight is 265 g/mol. The minimum Gasteiger partial charge on any atom is -0.490 e. The molecule has 1 atom stereocenters. The van der Waals surface area contributed by atoms with Gasteiger partial charge in [0, 0.05) is 24.6 Å². The van der Waals surface area contributed by atoms with Gasteiger partial charge in [-0.3, -0.25) is 0 Å². The quantitative estimate of drug-likeness (QED) is 0.820. The second kappa shape index (κ2) is 7.36. The second-order valence-electron chi connectivity index (χ2n) is 4.75. The Balaban J connectivity index is 2.08. The van der Waals surface area contributed by atoms with Crippen molar-refractivity contribution in [2.75, 3.05) is 33.5 Å². The normalized spacial score (nSPS) is 18.5. The fraction of sp³-hybridized carbons (Fsp3) is 0.600. The number of hydrogen-bond donors (Lipinski definition) is 1. The summed E-state index contributed by atoms with van der Waals surface area (Å²) in [5.41, 5.74) is 1.13. The molecule has 1 fully saturated rings. The Hall–Kier alpha value is -1.26. The van der Waals surface area contributed by atoms with E-state index in [-0.39, 0.29) is 0 Å². The lowest BCUT2D eigenvalue weighted by Gasteiger charge is -2.17. The molecule has 0 aromatic heterocycles. The maximum absolute atomic E-state index is 6.01. The Labute approximate surface area is 115 Å². The van der Waals surface area contributed by atoms with E-state index in [1.54, 1.807) is 0 Å². The molecule has 0 radical (unpaired) electrons. The van der Waals surface area contributed by atoms with E-state index in [2.05, 4.69) is 11.4 Å². The van der Waals surface area contributed by atoms with E-state index in [9.17, 15) is 0 Å². The third-order valence-electron chi connectivity index (χ3n) is 3.21. The first-order chi connectivity index (χ1) is 9.35. The molecule has 0 bridgehead atoms. The third kappa shape index (κ3) is 3.85. The van der Waals surface area contributed by atoms with Gasteiger partial charge < -0.3 is 19.5 Å². The first-order valence-electron chi connectivity index (χ1n) is 6.95. The van der Waals surface area contributed by atoms with E-state index in [1.807, 2.05) is 26.1 Å². The Bertz CT molecular complexity index is 365. The maximum atomic E-state index is 6.01. The van der Waals surface area contributed by atoms with Crippen LogP contribution in [0.1, 0.15) is 18.9 Å².